The fourth-order valence-corrected chi connectivity index (χ4v) is 1.82. The van der Waals surface area contributed by atoms with E-state index in [4.69, 9.17) is 5.11 Å². The van der Waals surface area contributed by atoms with Crippen molar-refractivity contribution in [2.75, 3.05) is 6.54 Å². The Hall–Kier alpha value is -1.43. The summed E-state index contributed by atoms with van der Waals surface area (Å²) in [6.45, 7) is 0.207. The van der Waals surface area contributed by atoms with Gasteiger partial charge in [0, 0.05) is 6.54 Å². The van der Waals surface area contributed by atoms with Crippen molar-refractivity contribution >= 4 is 23.2 Å². The normalized spacial score (nSPS) is 17.1. The second-order valence-corrected chi connectivity index (χ2v) is 4.52. The Morgan fingerprint density at radius 1 is 1.60 bits per heavy atom. The van der Waals surface area contributed by atoms with Gasteiger partial charge >= 0.3 is 5.97 Å². The molecule has 1 amide bonds. The number of hydrogen-bond acceptors (Lipinski definition) is 4. The molecule has 1 heterocycles. The summed E-state index contributed by atoms with van der Waals surface area (Å²) in [6.07, 6.45) is 2.76. The van der Waals surface area contributed by atoms with Gasteiger partial charge in [-0.1, -0.05) is 0 Å². The van der Waals surface area contributed by atoms with E-state index in [0.717, 1.165) is 0 Å². The SMILES string of the molecule is O=C(NCC1(C(=O)O)CC1)c1cncs1. The Bertz CT molecular complexity index is 384. The lowest BCUT2D eigenvalue weighted by Gasteiger charge is -2.09. The number of hydrogen-bond donors (Lipinski definition) is 2. The third-order valence-electron chi connectivity index (χ3n) is 2.55. The van der Waals surface area contributed by atoms with Crippen LogP contribution in [0.3, 0.4) is 0 Å². The van der Waals surface area contributed by atoms with Gasteiger partial charge in [0.25, 0.3) is 5.91 Å². The molecule has 0 spiro atoms. The van der Waals surface area contributed by atoms with Crippen molar-refractivity contribution in [2.24, 2.45) is 5.41 Å². The summed E-state index contributed by atoms with van der Waals surface area (Å²) in [6, 6.07) is 0. The van der Waals surface area contributed by atoms with Gasteiger partial charge in [-0.3, -0.25) is 14.6 Å². The molecule has 1 aromatic rings. The van der Waals surface area contributed by atoms with E-state index in [-0.39, 0.29) is 12.5 Å². The second-order valence-electron chi connectivity index (χ2n) is 3.63. The molecule has 0 radical (unpaired) electrons. The zero-order valence-corrected chi connectivity index (χ0v) is 8.71. The Morgan fingerprint density at radius 3 is 2.80 bits per heavy atom. The minimum atomic E-state index is -0.827. The number of thiazole rings is 1. The topological polar surface area (TPSA) is 79.3 Å². The van der Waals surface area contributed by atoms with E-state index in [1.165, 1.54) is 17.5 Å². The van der Waals surface area contributed by atoms with Crippen molar-refractivity contribution in [3.8, 4) is 0 Å². The van der Waals surface area contributed by atoms with Gasteiger partial charge in [0.15, 0.2) is 0 Å². The highest BCUT2D eigenvalue weighted by Gasteiger charge is 2.50. The minimum absolute atomic E-state index is 0.207. The maximum Gasteiger partial charge on any atom is 0.311 e. The third kappa shape index (κ3) is 1.99. The molecule has 1 saturated carbocycles. The molecule has 0 unspecified atom stereocenters. The van der Waals surface area contributed by atoms with Gasteiger partial charge in [-0.05, 0) is 12.8 Å². The number of carbonyl (C=O) groups excluding carboxylic acids is 1. The number of nitrogens with one attached hydrogen (secondary N) is 1. The van der Waals surface area contributed by atoms with Gasteiger partial charge in [0.05, 0.1) is 17.1 Å². The van der Waals surface area contributed by atoms with Crippen LogP contribution in [0.4, 0.5) is 0 Å². The number of carboxylic acid groups (broad SMARTS) is 1. The smallest absolute Gasteiger partial charge is 0.311 e. The zero-order valence-electron chi connectivity index (χ0n) is 7.90. The number of nitrogens with zero attached hydrogens (tertiary/aromatic N) is 1. The van der Waals surface area contributed by atoms with Crippen LogP contribution in [-0.4, -0.2) is 28.5 Å². The molecule has 1 aliphatic carbocycles. The summed E-state index contributed by atoms with van der Waals surface area (Å²) in [7, 11) is 0. The molecule has 0 aliphatic heterocycles. The Balaban J connectivity index is 1.89. The van der Waals surface area contributed by atoms with Crippen LogP contribution < -0.4 is 5.32 Å². The number of aliphatic carboxylic acids is 1. The summed E-state index contributed by atoms with van der Waals surface area (Å²) >= 11 is 1.24. The summed E-state index contributed by atoms with van der Waals surface area (Å²) < 4.78 is 0. The van der Waals surface area contributed by atoms with Gasteiger partial charge in [-0.2, -0.15) is 0 Å². The van der Waals surface area contributed by atoms with Crippen molar-refractivity contribution < 1.29 is 14.7 Å². The minimum Gasteiger partial charge on any atom is -0.481 e. The maximum absolute atomic E-state index is 11.5. The number of amides is 1. The van der Waals surface area contributed by atoms with Crippen LogP contribution in [-0.2, 0) is 4.79 Å². The van der Waals surface area contributed by atoms with Gasteiger partial charge in [0.2, 0.25) is 0 Å². The molecule has 0 bridgehead atoms. The summed E-state index contributed by atoms with van der Waals surface area (Å²) in [5.41, 5.74) is 0.860. The van der Waals surface area contributed by atoms with Crippen LogP contribution in [0.2, 0.25) is 0 Å². The van der Waals surface area contributed by atoms with Crippen molar-refractivity contribution in [1.82, 2.24) is 10.3 Å². The van der Waals surface area contributed by atoms with Crippen molar-refractivity contribution in [1.29, 1.82) is 0 Å². The van der Waals surface area contributed by atoms with Crippen LogP contribution in [0.1, 0.15) is 22.5 Å². The molecule has 2 rings (SSSR count). The van der Waals surface area contributed by atoms with Gasteiger partial charge in [0.1, 0.15) is 4.88 Å². The molecule has 15 heavy (non-hydrogen) atoms. The molecule has 1 aromatic heterocycles. The molecule has 0 atom stereocenters. The number of rotatable bonds is 4. The molecule has 80 valence electrons. The van der Waals surface area contributed by atoms with E-state index < -0.39 is 11.4 Å². The third-order valence-corrected chi connectivity index (χ3v) is 3.32. The van der Waals surface area contributed by atoms with Crippen LogP contribution >= 0.6 is 11.3 Å². The first-order chi connectivity index (χ1) is 7.14. The second kappa shape index (κ2) is 3.62. The molecular weight excluding hydrogens is 216 g/mol. The Labute approximate surface area is 90.1 Å². The highest BCUT2D eigenvalue weighted by molar-refractivity contribution is 7.11. The fourth-order valence-electron chi connectivity index (χ4n) is 1.28. The number of aromatic nitrogens is 1. The van der Waals surface area contributed by atoms with E-state index in [0.29, 0.717) is 17.7 Å². The van der Waals surface area contributed by atoms with Crippen LogP contribution in [0.25, 0.3) is 0 Å². The molecule has 6 heteroatoms. The van der Waals surface area contributed by atoms with E-state index in [1.807, 2.05) is 0 Å². The summed E-state index contributed by atoms with van der Waals surface area (Å²) in [5.74, 6) is -1.07. The first kappa shape index (κ1) is 10.1. The number of carboxylic acids is 1. The lowest BCUT2D eigenvalue weighted by atomic mass is 10.1. The van der Waals surface area contributed by atoms with Crippen LogP contribution in [0.15, 0.2) is 11.7 Å². The molecule has 0 saturated heterocycles. The Kier molecular flexibility index (Phi) is 2.44. The predicted molar refractivity (Wildman–Crippen MR) is 53.8 cm³/mol. The number of carbonyl (C=O) groups is 2. The quantitative estimate of drug-likeness (QED) is 0.793. The first-order valence-electron chi connectivity index (χ1n) is 4.54. The maximum atomic E-state index is 11.5. The van der Waals surface area contributed by atoms with Crippen molar-refractivity contribution in [3.05, 3.63) is 16.6 Å². The largest absolute Gasteiger partial charge is 0.481 e. The van der Waals surface area contributed by atoms with Gasteiger partial charge in [-0.15, -0.1) is 11.3 Å². The average molecular weight is 226 g/mol. The van der Waals surface area contributed by atoms with Gasteiger partial charge < -0.3 is 10.4 Å². The average Bonchev–Trinajstić information content (AvgIpc) is 2.80. The molecule has 1 aliphatic rings. The summed E-state index contributed by atoms with van der Waals surface area (Å²) in [5, 5.41) is 11.5. The molecular formula is C9H10N2O3S. The molecule has 2 N–H and O–H groups in total. The van der Waals surface area contributed by atoms with E-state index in [9.17, 15) is 9.59 Å². The molecule has 1 fully saturated rings. The predicted octanol–water partition coefficient (Wildman–Crippen LogP) is 0.738. The van der Waals surface area contributed by atoms with Crippen LogP contribution in [0, 0.1) is 5.41 Å². The molecule has 5 nitrogen and oxygen atoms in total. The molecule has 0 aromatic carbocycles. The fraction of sp³-hybridized carbons (Fsp3) is 0.444. The van der Waals surface area contributed by atoms with Crippen molar-refractivity contribution in [2.45, 2.75) is 12.8 Å². The van der Waals surface area contributed by atoms with E-state index >= 15 is 0 Å². The lowest BCUT2D eigenvalue weighted by molar-refractivity contribution is -0.143. The van der Waals surface area contributed by atoms with E-state index in [2.05, 4.69) is 10.3 Å². The Morgan fingerprint density at radius 2 is 2.33 bits per heavy atom. The zero-order chi connectivity index (χ0) is 10.9. The monoisotopic (exact) mass is 226 g/mol. The van der Waals surface area contributed by atoms with Crippen LogP contribution in [0.5, 0.6) is 0 Å². The lowest BCUT2D eigenvalue weighted by Crippen LogP contribution is -2.33. The standard InChI is InChI=1S/C9H10N2O3S/c12-7(6-3-10-5-15-6)11-4-9(1-2-9)8(13)14/h3,5H,1-2,4H2,(H,11,12)(H,13,14). The van der Waals surface area contributed by atoms with Crippen molar-refractivity contribution in [3.63, 3.8) is 0 Å². The first-order valence-corrected chi connectivity index (χ1v) is 5.42. The summed E-state index contributed by atoms with van der Waals surface area (Å²) in [4.78, 5) is 26.6. The highest BCUT2D eigenvalue weighted by Crippen LogP contribution is 2.45. The van der Waals surface area contributed by atoms with Gasteiger partial charge in [-0.25, -0.2) is 0 Å². The van der Waals surface area contributed by atoms with E-state index in [1.54, 1.807) is 5.51 Å². The highest BCUT2D eigenvalue weighted by atomic mass is 32.1.